The molecule has 1 saturated carbocycles. The summed E-state index contributed by atoms with van der Waals surface area (Å²) in [6.45, 7) is 7.37. The summed E-state index contributed by atoms with van der Waals surface area (Å²) < 4.78 is 2.25. The molecule has 7 heteroatoms. The van der Waals surface area contributed by atoms with E-state index in [9.17, 15) is 4.79 Å². The third-order valence-corrected chi connectivity index (χ3v) is 6.71. The van der Waals surface area contributed by atoms with Gasteiger partial charge in [-0.3, -0.25) is 14.3 Å². The maximum atomic E-state index is 12.2. The van der Waals surface area contributed by atoms with Crippen LogP contribution in [0.3, 0.4) is 0 Å². The number of fused-ring (bicyclic) bond motifs is 3. The van der Waals surface area contributed by atoms with Crippen LogP contribution in [-0.2, 0) is 17.9 Å². The largest absolute Gasteiger partial charge is 0.341 e. The molecule has 3 aliphatic rings. The topological polar surface area (TPSA) is 54.3 Å². The molecule has 0 atom stereocenters. The first-order valence-electron chi connectivity index (χ1n) is 10.1. The molecule has 1 amide bonds. The zero-order chi connectivity index (χ0) is 19.6. The number of benzene rings is 1. The van der Waals surface area contributed by atoms with Crippen LogP contribution in [0.1, 0.15) is 49.8 Å². The Hall–Kier alpha value is -1.92. The molecule has 5 rings (SSSR count). The van der Waals surface area contributed by atoms with Crippen molar-refractivity contribution in [3.8, 4) is 5.69 Å². The molecule has 1 aromatic carbocycles. The fraction of sp³-hybridized carbons (Fsp3) is 0.571. The summed E-state index contributed by atoms with van der Waals surface area (Å²) in [5.74, 6) is 2.82. The van der Waals surface area contributed by atoms with Crippen LogP contribution in [0.4, 0.5) is 0 Å². The molecule has 2 aromatic rings. The van der Waals surface area contributed by atoms with Crippen LogP contribution < -0.4 is 0 Å². The Kier molecular flexibility index (Phi) is 4.07. The SMILES string of the molecule is CC(C)C(=O)N1CC2(CC(c3nnc4n3-c3ccc(Cl)cc3CN(C)C4)C2)C1. The van der Waals surface area contributed by atoms with Crippen LogP contribution in [0.25, 0.3) is 5.69 Å². The van der Waals surface area contributed by atoms with Crippen molar-refractivity contribution in [3.63, 3.8) is 0 Å². The number of aromatic nitrogens is 3. The van der Waals surface area contributed by atoms with Gasteiger partial charge < -0.3 is 4.90 Å². The molecule has 1 spiro atoms. The molecule has 2 aliphatic heterocycles. The number of halogens is 1. The van der Waals surface area contributed by atoms with Gasteiger partial charge in [0.05, 0.1) is 12.2 Å². The van der Waals surface area contributed by atoms with E-state index in [4.69, 9.17) is 11.6 Å². The van der Waals surface area contributed by atoms with E-state index in [1.807, 2.05) is 24.8 Å². The first-order valence-corrected chi connectivity index (χ1v) is 10.4. The van der Waals surface area contributed by atoms with Crippen molar-refractivity contribution in [2.45, 2.75) is 45.7 Å². The van der Waals surface area contributed by atoms with Gasteiger partial charge in [0, 0.05) is 41.9 Å². The molecule has 2 fully saturated rings. The Morgan fingerprint density at radius 3 is 2.68 bits per heavy atom. The quantitative estimate of drug-likeness (QED) is 0.778. The van der Waals surface area contributed by atoms with Crippen LogP contribution in [0.15, 0.2) is 18.2 Å². The zero-order valence-corrected chi connectivity index (χ0v) is 17.4. The van der Waals surface area contributed by atoms with Crippen molar-refractivity contribution < 1.29 is 4.79 Å². The third kappa shape index (κ3) is 2.77. The molecule has 6 nitrogen and oxygen atoms in total. The highest BCUT2D eigenvalue weighted by molar-refractivity contribution is 6.30. The van der Waals surface area contributed by atoms with Gasteiger partial charge in [0.2, 0.25) is 5.91 Å². The van der Waals surface area contributed by atoms with Gasteiger partial charge >= 0.3 is 0 Å². The third-order valence-electron chi connectivity index (χ3n) is 6.47. The fourth-order valence-electron chi connectivity index (χ4n) is 5.16. The second-order valence-corrected chi connectivity index (χ2v) is 9.65. The predicted octanol–water partition coefficient (Wildman–Crippen LogP) is 3.23. The molecule has 3 heterocycles. The molecule has 1 aromatic heterocycles. The summed E-state index contributed by atoms with van der Waals surface area (Å²) in [4.78, 5) is 16.4. The summed E-state index contributed by atoms with van der Waals surface area (Å²) in [6.07, 6.45) is 2.18. The molecule has 0 N–H and O–H groups in total. The molecule has 1 saturated heterocycles. The van der Waals surface area contributed by atoms with Gasteiger partial charge in [0.15, 0.2) is 5.82 Å². The minimum atomic E-state index is 0.0841. The van der Waals surface area contributed by atoms with E-state index in [2.05, 4.69) is 38.8 Å². The van der Waals surface area contributed by atoms with E-state index in [-0.39, 0.29) is 11.8 Å². The summed E-state index contributed by atoms with van der Waals surface area (Å²) in [6, 6.07) is 6.09. The standard InChI is InChI=1S/C21H26ClN5O/c1-13(2)20(28)26-11-21(12-26)7-15(8-21)19-24-23-18-10-25(3)9-14-6-16(22)4-5-17(14)27(18)19/h4-6,13,15H,7-12H2,1-3H3. The van der Waals surface area contributed by atoms with Crippen molar-refractivity contribution in [1.29, 1.82) is 0 Å². The second kappa shape index (κ2) is 6.29. The Labute approximate surface area is 170 Å². The highest BCUT2D eigenvalue weighted by Gasteiger charge is 2.55. The molecular formula is C21H26ClN5O. The van der Waals surface area contributed by atoms with E-state index in [0.29, 0.717) is 11.3 Å². The smallest absolute Gasteiger partial charge is 0.225 e. The van der Waals surface area contributed by atoms with Crippen molar-refractivity contribution >= 4 is 17.5 Å². The minimum Gasteiger partial charge on any atom is -0.341 e. The van der Waals surface area contributed by atoms with Gasteiger partial charge in [-0.2, -0.15) is 0 Å². The molecular weight excluding hydrogens is 374 g/mol. The summed E-state index contributed by atoms with van der Waals surface area (Å²) in [5.41, 5.74) is 2.66. The Balaban J connectivity index is 1.39. The lowest BCUT2D eigenvalue weighted by molar-refractivity contribution is -0.155. The van der Waals surface area contributed by atoms with Crippen molar-refractivity contribution in [1.82, 2.24) is 24.6 Å². The predicted molar refractivity (Wildman–Crippen MR) is 107 cm³/mol. The monoisotopic (exact) mass is 399 g/mol. The zero-order valence-electron chi connectivity index (χ0n) is 16.7. The normalized spacial score (nSPS) is 21.1. The van der Waals surface area contributed by atoms with Gasteiger partial charge in [-0.15, -0.1) is 10.2 Å². The Bertz CT molecular complexity index is 938. The van der Waals surface area contributed by atoms with Gasteiger partial charge in [0.1, 0.15) is 5.82 Å². The average molecular weight is 400 g/mol. The van der Waals surface area contributed by atoms with Gasteiger partial charge in [0.25, 0.3) is 0 Å². The van der Waals surface area contributed by atoms with Crippen LogP contribution in [0.5, 0.6) is 0 Å². The number of hydrogen-bond donors (Lipinski definition) is 0. The van der Waals surface area contributed by atoms with Gasteiger partial charge in [-0.05, 0) is 43.7 Å². The summed E-state index contributed by atoms with van der Waals surface area (Å²) >= 11 is 6.25. The highest BCUT2D eigenvalue weighted by Crippen LogP contribution is 2.56. The maximum absolute atomic E-state index is 12.2. The molecule has 1 aliphatic carbocycles. The molecule has 148 valence electrons. The van der Waals surface area contributed by atoms with Crippen molar-refractivity contribution in [3.05, 3.63) is 40.4 Å². The molecule has 0 radical (unpaired) electrons. The molecule has 0 bridgehead atoms. The number of hydrogen-bond acceptors (Lipinski definition) is 4. The Morgan fingerprint density at radius 2 is 1.96 bits per heavy atom. The van der Waals surface area contributed by atoms with Crippen molar-refractivity contribution in [2.24, 2.45) is 11.3 Å². The second-order valence-electron chi connectivity index (χ2n) is 9.21. The molecule has 28 heavy (non-hydrogen) atoms. The van der Waals surface area contributed by atoms with E-state index in [0.717, 1.165) is 61.4 Å². The number of amides is 1. The van der Waals surface area contributed by atoms with E-state index in [1.165, 1.54) is 5.56 Å². The Morgan fingerprint density at radius 1 is 1.21 bits per heavy atom. The van der Waals surface area contributed by atoms with Crippen LogP contribution in [-0.4, -0.2) is 50.6 Å². The van der Waals surface area contributed by atoms with Crippen molar-refractivity contribution in [2.75, 3.05) is 20.1 Å². The number of likely N-dealkylation sites (tertiary alicyclic amines) is 1. The first-order chi connectivity index (χ1) is 13.3. The summed E-state index contributed by atoms with van der Waals surface area (Å²) in [7, 11) is 2.10. The number of nitrogens with zero attached hydrogens (tertiary/aromatic N) is 5. The van der Waals surface area contributed by atoms with Crippen LogP contribution in [0.2, 0.25) is 5.02 Å². The minimum absolute atomic E-state index is 0.0841. The number of carbonyl (C=O) groups is 1. The van der Waals surface area contributed by atoms with Gasteiger partial charge in [-0.25, -0.2) is 0 Å². The fourth-order valence-corrected chi connectivity index (χ4v) is 5.35. The van der Waals surface area contributed by atoms with Crippen LogP contribution >= 0.6 is 11.6 Å². The van der Waals surface area contributed by atoms with Crippen LogP contribution in [0, 0.1) is 11.3 Å². The lowest BCUT2D eigenvalue weighted by Gasteiger charge is -2.59. The van der Waals surface area contributed by atoms with Gasteiger partial charge in [-0.1, -0.05) is 25.4 Å². The maximum Gasteiger partial charge on any atom is 0.225 e. The lowest BCUT2D eigenvalue weighted by Crippen LogP contribution is -2.64. The van der Waals surface area contributed by atoms with E-state index >= 15 is 0 Å². The van der Waals surface area contributed by atoms with E-state index < -0.39 is 0 Å². The number of carbonyl (C=O) groups excluding carboxylic acids is 1. The highest BCUT2D eigenvalue weighted by atomic mass is 35.5. The first kappa shape index (κ1) is 18.1. The number of rotatable bonds is 2. The summed E-state index contributed by atoms with van der Waals surface area (Å²) in [5, 5.41) is 9.88. The molecule has 0 unspecified atom stereocenters. The average Bonchev–Trinajstić information content (AvgIpc) is 2.89. The van der Waals surface area contributed by atoms with E-state index in [1.54, 1.807) is 0 Å². The lowest BCUT2D eigenvalue weighted by atomic mass is 9.57.